The van der Waals surface area contributed by atoms with Crippen molar-refractivity contribution in [2.75, 3.05) is 26.2 Å². The Morgan fingerprint density at radius 3 is 2.24 bits per heavy atom. The molecule has 1 rings (SSSR count). The normalized spacial score (nSPS) is 22.9. The Bertz CT molecular complexity index is 200. The monoisotopic (exact) mass is 242 g/mol. The number of piperidine rings is 1. The van der Waals surface area contributed by atoms with Gasteiger partial charge in [0, 0.05) is 12.1 Å². The first kappa shape index (κ1) is 14.9. The number of rotatable bonds is 6. The average Bonchev–Trinajstić information content (AvgIpc) is 2.35. The van der Waals surface area contributed by atoms with Crippen LogP contribution in [0.25, 0.3) is 0 Å². The number of hydrogen-bond donors (Lipinski definition) is 2. The van der Waals surface area contributed by atoms with E-state index in [0.29, 0.717) is 12.0 Å². The van der Waals surface area contributed by atoms with Gasteiger partial charge >= 0.3 is 0 Å². The SMILES string of the molecule is CCN1CCC(C(C)N[C@H](CO)C(C)C)CC1. The third-order valence-corrected chi connectivity index (χ3v) is 4.26. The van der Waals surface area contributed by atoms with Crippen LogP contribution in [0.5, 0.6) is 0 Å². The van der Waals surface area contributed by atoms with Crippen molar-refractivity contribution >= 4 is 0 Å². The molecule has 102 valence electrons. The Kier molecular flexibility index (Phi) is 6.45. The highest BCUT2D eigenvalue weighted by Crippen LogP contribution is 2.21. The summed E-state index contributed by atoms with van der Waals surface area (Å²) in [6.07, 6.45) is 2.58. The summed E-state index contributed by atoms with van der Waals surface area (Å²) in [6.45, 7) is 12.7. The van der Waals surface area contributed by atoms with Gasteiger partial charge in [-0.25, -0.2) is 0 Å². The first-order valence-electron chi connectivity index (χ1n) is 7.17. The van der Waals surface area contributed by atoms with Gasteiger partial charge in [0.15, 0.2) is 0 Å². The van der Waals surface area contributed by atoms with Crippen molar-refractivity contribution in [3.05, 3.63) is 0 Å². The number of nitrogens with zero attached hydrogens (tertiary/aromatic N) is 1. The molecule has 0 aromatic rings. The van der Waals surface area contributed by atoms with Gasteiger partial charge in [-0.05, 0) is 51.2 Å². The van der Waals surface area contributed by atoms with Crippen molar-refractivity contribution in [1.82, 2.24) is 10.2 Å². The van der Waals surface area contributed by atoms with E-state index in [1.807, 2.05) is 0 Å². The van der Waals surface area contributed by atoms with Crippen molar-refractivity contribution in [3.8, 4) is 0 Å². The lowest BCUT2D eigenvalue weighted by Gasteiger charge is -2.36. The van der Waals surface area contributed by atoms with Crippen LogP contribution in [-0.4, -0.2) is 48.3 Å². The van der Waals surface area contributed by atoms with E-state index in [-0.39, 0.29) is 12.6 Å². The summed E-state index contributed by atoms with van der Waals surface area (Å²) in [5.41, 5.74) is 0. The van der Waals surface area contributed by atoms with Gasteiger partial charge in [0.25, 0.3) is 0 Å². The summed E-state index contributed by atoms with van der Waals surface area (Å²) >= 11 is 0. The van der Waals surface area contributed by atoms with Gasteiger partial charge in [-0.2, -0.15) is 0 Å². The minimum Gasteiger partial charge on any atom is -0.395 e. The zero-order valence-electron chi connectivity index (χ0n) is 11.9. The zero-order chi connectivity index (χ0) is 12.8. The predicted octanol–water partition coefficient (Wildman–Crippen LogP) is 1.71. The van der Waals surface area contributed by atoms with E-state index in [2.05, 4.69) is 37.9 Å². The molecule has 0 radical (unpaired) electrons. The van der Waals surface area contributed by atoms with E-state index in [0.717, 1.165) is 5.92 Å². The fourth-order valence-corrected chi connectivity index (χ4v) is 2.70. The highest BCUT2D eigenvalue weighted by molar-refractivity contribution is 4.82. The lowest BCUT2D eigenvalue weighted by molar-refractivity contribution is 0.143. The Labute approximate surface area is 107 Å². The minimum atomic E-state index is 0.245. The second kappa shape index (κ2) is 7.34. The van der Waals surface area contributed by atoms with Crippen molar-refractivity contribution in [3.63, 3.8) is 0 Å². The van der Waals surface area contributed by atoms with E-state index in [9.17, 15) is 5.11 Å². The fourth-order valence-electron chi connectivity index (χ4n) is 2.70. The molecule has 0 aliphatic carbocycles. The summed E-state index contributed by atoms with van der Waals surface area (Å²) in [5.74, 6) is 1.27. The lowest BCUT2D eigenvalue weighted by Crippen LogP contribution is -2.48. The molecule has 1 aliphatic heterocycles. The van der Waals surface area contributed by atoms with E-state index >= 15 is 0 Å². The molecule has 0 bridgehead atoms. The topological polar surface area (TPSA) is 35.5 Å². The maximum absolute atomic E-state index is 9.35. The van der Waals surface area contributed by atoms with E-state index in [1.165, 1.54) is 32.5 Å². The largest absolute Gasteiger partial charge is 0.395 e. The number of likely N-dealkylation sites (tertiary alicyclic amines) is 1. The molecule has 3 heteroatoms. The van der Waals surface area contributed by atoms with Crippen LogP contribution in [0.1, 0.15) is 40.5 Å². The fraction of sp³-hybridized carbons (Fsp3) is 1.00. The Morgan fingerprint density at radius 2 is 1.82 bits per heavy atom. The molecule has 0 aromatic heterocycles. The smallest absolute Gasteiger partial charge is 0.0587 e. The third kappa shape index (κ3) is 4.57. The lowest BCUT2D eigenvalue weighted by atomic mass is 9.89. The van der Waals surface area contributed by atoms with Crippen molar-refractivity contribution in [2.45, 2.75) is 52.6 Å². The molecule has 1 heterocycles. The van der Waals surface area contributed by atoms with Gasteiger partial charge in [-0.1, -0.05) is 20.8 Å². The zero-order valence-corrected chi connectivity index (χ0v) is 11.9. The van der Waals surface area contributed by atoms with Gasteiger partial charge in [-0.15, -0.1) is 0 Å². The number of nitrogens with one attached hydrogen (secondary N) is 1. The first-order chi connectivity index (χ1) is 8.08. The highest BCUT2D eigenvalue weighted by Gasteiger charge is 2.25. The molecule has 0 aromatic carbocycles. The minimum absolute atomic E-state index is 0.245. The molecule has 1 saturated heterocycles. The van der Waals surface area contributed by atoms with Crippen LogP contribution in [0.2, 0.25) is 0 Å². The second-order valence-electron chi connectivity index (χ2n) is 5.76. The number of aliphatic hydroxyl groups is 1. The second-order valence-corrected chi connectivity index (χ2v) is 5.76. The number of hydrogen-bond acceptors (Lipinski definition) is 3. The standard InChI is InChI=1S/C14H30N2O/c1-5-16-8-6-13(7-9-16)12(4)15-14(10-17)11(2)3/h11-15,17H,5-10H2,1-4H3/t12?,14-/m1/s1. The van der Waals surface area contributed by atoms with Crippen LogP contribution in [0, 0.1) is 11.8 Å². The van der Waals surface area contributed by atoms with Gasteiger partial charge in [0.1, 0.15) is 0 Å². The van der Waals surface area contributed by atoms with E-state index < -0.39 is 0 Å². The molecule has 3 nitrogen and oxygen atoms in total. The van der Waals surface area contributed by atoms with Gasteiger partial charge in [-0.3, -0.25) is 0 Å². The van der Waals surface area contributed by atoms with Crippen LogP contribution in [0.4, 0.5) is 0 Å². The maximum Gasteiger partial charge on any atom is 0.0587 e. The number of aliphatic hydroxyl groups excluding tert-OH is 1. The van der Waals surface area contributed by atoms with Crippen molar-refractivity contribution in [2.24, 2.45) is 11.8 Å². The van der Waals surface area contributed by atoms with Gasteiger partial charge in [0.05, 0.1) is 6.61 Å². The van der Waals surface area contributed by atoms with Crippen molar-refractivity contribution < 1.29 is 5.11 Å². The summed E-state index contributed by atoms with van der Waals surface area (Å²) in [4.78, 5) is 2.52. The summed E-state index contributed by atoms with van der Waals surface area (Å²) < 4.78 is 0. The Morgan fingerprint density at radius 1 is 1.24 bits per heavy atom. The van der Waals surface area contributed by atoms with Crippen LogP contribution in [0.15, 0.2) is 0 Å². The molecule has 1 unspecified atom stereocenters. The molecular formula is C14H30N2O. The maximum atomic E-state index is 9.35. The van der Waals surface area contributed by atoms with Crippen molar-refractivity contribution in [1.29, 1.82) is 0 Å². The first-order valence-corrected chi connectivity index (χ1v) is 7.17. The molecule has 0 amide bonds. The highest BCUT2D eigenvalue weighted by atomic mass is 16.3. The molecule has 0 spiro atoms. The molecule has 2 atom stereocenters. The van der Waals surface area contributed by atoms with Crippen LogP contribution >= 0.6 is 0 Å². The quantitative estimate of drug-likeness (QED) is 0.744. The van der Waals surface area contributed by atoms with Crippen LogP contribution in [0.3, 0.4) is 0 Å². The molecule has 1 aliphatic rings. The summed E-state index contributed by atoms with van der Waals surface area (Å²) in [5, 5.41) is 13.0. The van der Waals surface area contributed by atoms with E-state index in [1.54, 1.807) is 0 Å². The van der Waals surface area contributed by atoms with E-state index in [4.69, 9.17) is 0 Å². The van der Waals surface area contributed by atoms with Gasteiger partial charge in [0.2, 0.25) is 0 Å². The molecule has 17 heavy (non-hydrogen) atoms. The third-order valence-electron chi connectivity index (χ3n) is 4.26. The average molecular weight is 242 g/mol. The van der Waals surface area contributed by atoms with Crippen LogP contribution < -0.4 is 5.32 Å². The van der Waals surface area contributed by atoms with Crippen LogP contribution in [-0.2, 0) is 0 Å². The Balaban J connectivity index is 2.35. The molecule has 0 saturated carbocycles. The molecular weight excluding hydrogens is 212 g/mol. The predicted molar refractivity (Wildman–Crippen MR) is 73.1 cm³/mol. The molecule has 1 fully saturated rings. The van der Waals surface area contributed by atoms with Gasteiger partial charge < -0.3 is 15.3 Å². The summed E-state index contributed by atoms with van der Waals surface area (Å²) in [6, 6.07) is 0.766. The Hall–Kier alpha value is -0.120. The summed E-state index contributed by atoms with van der Waals surface area (Å²) in [7, 11) is 0. The molecule has 2 N–H and O–H groups in total.